The van der Waals surface area contributed by atoms with Crippen LogP contribution < -0.4 is 5.32 Å². The molecule has 0 aliphatic rings. The Morgan fingerprint density at radius 1 is 1.54 bits per heavy atom. The summed E-state index contributed by atoms with van der Waals surface area (Å²) < 4.78 is 0. The van der Waals surface area contributed by atoms with Crippen LogP contribution in [0.4, 0.5) is 5.82 Å². The Morgan fingerprint density at radius 2 is 2.23 bits per heavy atom. The third kappa shape index (κ3) is 2.83. The Labute approximate surface area is 80.6 Å². The van der Waals surface area contributed by atoms with Crippen molar-refractivity contribution < 1.29 is 4.79 Å². The van der Waals surface area contributed by atoms with Gasteiger partial charge in [0.1, 0.15) is 0 Å². The third-order valence-electron chi connectivity index (χ3n) is 1.26. The van der Waals surface area contributed by atoms with Crippen LogP contribution in [0.25, 0.3) is 0 Å². The van der Waals surface area contributed by atoms with Gasteiger partial charge in [0.2, 0.25) is 0 Å². The Kier molecular flexibility index (Phi) is 2.97. The Hall–Kier alpha value is -1.42. The average molecular weight is 198 g/mol. The highest BCUT2D eigenvalue weighted by Crippen LogP contribution is 2.06. The second-order valence-electron chi connectivity index (χ2n) is 2.48. The molecular weight excluding hydrogens is 190 g/mol. The van der Waals surface area contributed by atoms with Gasteiger partial charge in [0.05, 0.1) is 0 Å². The summed E-state index contributed by atoms with van der Waals surface area (Å²) in [5, 5.41) is 9.99. The van der Waals surface area contributed by atoms with Crippen molar-refractivity contribution in [3.63, 3.8) is 0 Å². The fourth-order valence-electron chi connectivity index (χ4n) is 0.606. The zero-order valence-corrected chi connectivity index (χ0v) is 7.80. The summed E-state index contributed by atoms with van der Waals surface area (Å²) in [6.07, 6.45) is 0. The van der Waals surface area contributed by atoms with E-state index in [2.05, 4.69) is 22.1 Å². The Balaban J connectivity index is 2.70. The van der Waals surface area contributed by atoms with Crippen LogP contribution in [0.3, 0.4) is 0 Å². The summed E-state index contributed by atoms with van der Waals surface area (Å²) in [5.41, 5.74) is 0.414. The number of carbonyl (C=O) groups is 1. The number of anilines is 1. The van der Waals surface area contributed by atoms with Crippen LogP contribution in [0, 0.1) is 0 Å². The molecule has 0 radical (unpaired) electrons. The molecule has 68 valence electrons. The van der Waals surface area contributed by atoms with Crippen molar-refractivity contribution in [3.05, 3.63) is 29.4 Å². The van der Waals surface area contributed by atoms with Gasteiger partial charge in [0, 0.05) is 5.57 Å². The molecule has 0 saturated heterocycles. The van der Waals surface area contributed by atoms with Crippen molar-refractivity contribution in [1.82, 2.24) is 10.2 Å². The molecule has 0 bridgehead atoms. The highest BCUT2D eigenvalue weighted by Gasteiger charge is 2.03. The van der Waals surface area contributed by atoms with Crippen molar-refractivity contribution in [2.45, 2.75) is 6.92 Å². The number of nitrogens with one attached hydrogen (secondary N) is 1. The first kappa shape index (κ1) is 9.67. The van der Waals surface area contributed by atoms with Gasteiger partial charge in [0.25, 0.3) is 5.91 Å². The second-order valence-corrected chi connectivity index (χ2v) is 2.86. The molecule has 1 aromatic rings. The molecule has 0 aromatic carbocycles. The summed E-state index contributed by atoms with van der Waals surface area (Å²) in [4.78, 5) is 11.1. The molecule has 0 saturated carbocycles. The first-order valence-electron chi connectivity index (χ1n) is 3.55. The third-order valence-corrected chi connectivity index (χ3v) is 1.46. The number of hydrogen-bond acceptors (Lipinski definition) is 3. The number of aromatic nitrogens is 2. The van der Waals surface area contributed by atoms with Gasteiger partial charge in [0.15, 0.2) is 11.0 Å². The molecule has 0 aliphatic heterocycles. The minimum atomic E-state index is -0.281. The molecule has 1 N–H and O–H groups in total. The number of carbonyl (C=O) groups excluding carboxylic acids is 1. The smallest absolute Gasteiger partial charge is 0.251 e. The Bertz CT molecular complexity index is 334. The maximum absolute atomic E-state index is 11.1. The van der Waals surface area contributed by atoms with Gasteiger partial charge in [-0.15, -0.1) is 10.2 Å². The lowest BCUT2D eigenvalue weighted by molar-refractivity contribution is -0.112. The van der Waals surface area contributed by atoms with E-state index in [-0.39, 0.29) is 11.1 Å². The minimum absolute atomic E-state index is 0.281. The number of amides is 1. The van der Waals surface area contributed by atoms with Gasteiger partial charge in [-0.05, 0) is 19.1 Å². The Morgan fingerprint density at radius 3 is 2.69 bits per heavy atom. The fourth-order valence-corrected chi connectivity index (χ4v) is 0.706. The van der Waals surface area contributed by atoms with Crippen LogP contribution in [-0.4, -0.2) is 16.1 Å². The first-order valence-corrected chi connectivity index (χ1v) is 3.93. The van der Waals surface area contributed by atoms with Crippen molar-refractivity contribution >= 4 is 23.3 Å². The lowest BCUT2D eigenvalue weighted by Crippen LogP contribution is -2.13. The molecule has 4 nitrogen and oxygen atoms in total. The number of rotatable bonds is 2. The molecule has 0 fully saturated rings. The van der Waals surface area contributed by atoms with Crippen LogP contribution in [-0.2, 0) is 4.79 Å². The zero-order chi connectivity index (χ0) is 9.84. The van der Waals surface area contributed by atoms with E-state index in [1.54, 1.807) is 19.1 Å². The minimum Gasteiger partial charge on any atom is -0.305 e. The van der Waals surface area contributed by atoms with Crippen LogP contribution in [0.1, 0.15) is 6.92 Å². The van der Waals surface area contributed by atoms with Crippen LogP contribution in [0.5, 0.6) is 0 Å². The van der Waals surface area contributed by atoms with Crippen LogP contribution >= 0.6 is 11.6 Å². The summed E-state index contributed by atoms with van der Waals surface area (Å²) in [6, 6.07) is 3.11. The molecule has 1 heterocycles. The normalized spacial score (nSPS) is 9.38. The molecule has 1 rings (SSSR count). The number of halogens is 1. The molecule has 0 unspecified atom stereocenters. The van der Waals surface area contributed by atoms with Gasteiger partial charge in [-0.3, -0.25) is 4.79 Å². The maximum Gasteiger partial charge on any atom is 0.251 e. The van der Waals surface area contributed by atoms with E-state index in [1.165, 1.54) is 0 Å². The summed E-state index contributed by atoms with van der Waals surface area (Å²) in [6.45, 7) is 5.09. The van der Waals surface area contributed by atoms with Crippen LogP contribution in [0.2, 0.25) is 5.15 Å². The SMILES string of the molecule is C=C(C)C(=O)Nc1ccc(Cl)nn1. The van der Waals surface area contributed by atoms with Crippen molar-refractivity contribution in [3.8, 4) is 0 Å². The largest absolute Gasteiger partial charge is 0.305 e. The molecule has 5 heteroatoms. The summed E-state index contributed by atoms with van der Waals surface area (Å²) >= 11 is 5.51. The molecule has 0 spiro atoms. The summed E-state index contributed by atoms with van der Waals surface area (Å²) in [5.74, 6) is 0.0778. The predicted molar refractivity (Wildman–Crippen MR) is 50.5 cm³/mol. The number of nitrogens with zero attached hydrogens (tertiary/aromatic N) is 2. The highest BCUT2D eigenvalue weighted by molar-refractivity contribution is 6.29. The van der Waals surface area contributed by atoms with E-state index in [1.807, 2.05) is 0 Å². The van der Waals surface area contributed by atoms with E-state index in [9.17, 15) is 4.79 Å². The zero-order valence-electron chi connectivity index (χ0n) is 7.04. The van der Waals surface area contributed by atoms with E-state index >= 15 is 0 Å². The lowest BCUT2D eigenvalue weighted by Gasteiger charge is -2.01. The van der Waals surface area contributed by atoms with Gasteiger partial charge < -0.3 is 5.32 Å². The van der Waals surface area contributed by atoms with E-state index < -0.39 is 0 Å². The molecule has 0 aliphatic carbocycles. The standard InChI is InChI=1S/C8H8ClN3O/c1-5(2)8(13)10-7-4-3-6(9)11-12-7/h3-4H,1H2,2H3,(H,10,12,13). The molecule has 0 atom stereocenters. The monoisotopic (exact) mass is 197 g/mol. The summed E-state index contributed by atoms with van der Waals surface area (Å²) in [7, 11) is 0. The molecule has 1 amide bonds. The van der Waals surface area contributed by atoms with Crippen molar-refractivity contribution in [1.29, 1.82) is 0 Å². The van der Waals surface area contributed by atoms with Crippen molar-refractivity contribution in [2.75, 3.05) is 5.32 Å². The highest BCUT2D eigenvalue weighted by atomic mass is 35.5. The van der Waals surface area contributed by atoms with Gasteiger partial charge >= 0.3 is 0 Å². The van der Waals surface area contributed by atoms with E-state index in [0.29, 0.717) is 11.4 Å². The van der Waals surface area contributed by atoms with Gasteiger partial charge in [-0.2, -0.15) is 0 Å². The second kappa shape index (κ2) is 4.00. The first-order chi connectivity index (χ1) is 6.09. The van der Waals surface area contributed by atoms with E-state index in [0.717, 1.165) is 0 Å². The maximum atomic E-state index is 11.1. The van der Waals surface area contributed by atoms with Gasteiger partial charge in [-0.1, -0.05) is 18.2 Å². The average Bonchev–Trinajstić information content (AvgIpc) is 2.08. The number of hydrogen-bond donors (Lipinski definition) is 1. The molecule has 13 heavy (non-hydrogen) atoms. The quantitative estimate of drug-likeness (QED) is 0.734. The van der Waals surface area contributed by atoms with E-state index in [4.69, 9.17) is 11.6 Å². The van der Waals surface area contributed by atoms with Gasteiger partial charge in [-0.25, -0.2) is 0 Å². The van der Waals surface area contributed by atoms with Crippen molar-refractivity contribution in [2.24, 2.45) is 0 Å². The van der Waals surface area contributed by atoms with Crippen LogP contribution in [0.15, 0.2) is 24.3 Å². The predicted octanol–water partition coefficient (Wildman–Crippen LogP) is 1.64. The topological polar surface area (TPSA) is 54.9 Å². The molecular formula is C8H8ClN3O. The lowest BCUT2D eigenvalue weighted by atomic mass is 10.3. The molecule has 1 aromatic heterocycles. The fraction of sp³-hybridized carbons (Fsp3) is 0.125.